The van der Waals surface area contributed by atoms with Crippen molar-refractivity contribution in [3.63, 3.8) is 0 Å². The fourth-order valence-corrected chi connectivity index (χ4v) is 3.52. The lowest BCUT2D eigenvalue weighted by atomic mass is 10.2. The number of hydrogen-bond acceptors (Lipinski definition) is 3. The van der Waals surface area contributed by atoms with Gasteiger partial charge in [-0.25, -0.2) is 5.43 Å². The summed E-state index contributed by atoms with van der Waals surface area (Å²) in [5.74, 6) is 0.200. The van der Waals surface area contributed by atoms with Crippen molar-refractivity contribution in [2.45, 2.75) is 6.61 Å². The molecule has 0 aliphatic carbocycles. The second-order valence-electron chi connectivity index (χ2n) is 5.89. The molecule has 0 radical (unpaired) electrons. The summed E-state index contributed by atoms with van der Waals surface area (Å²) >= 11 is 21.5. The van der Waals surface area contributed by atoms with Gasteiger partial charge in [0.25, 0.3) is 5.91 Å². The number of benzene rings is 3. The summed E-state index contributed by atoms with van der Waals surface area (Å²) < 4.78 is 6.54. The molecule has 148 valence electrons. The summed E-state index contributed by atoms with van der Waals surface area (Å²) in [4.78, 5) is 12.2. The fourth-order valence-electron chi connectivity index (χ4n) is 2.41. The molecule has 0 fully saturated rings. The zero-order valence-electron chi connectivity index (χ0n) is 14.8. The Hall–Kier alpha value is -2.05. The number of halogens is 4. The molecule has 0 spiro atoms. The van der Waals surface area contributed by atoms with Crippen molar-refractivity contribution in [1.29, 1.82) is 0 Å². The molecule has 1 N–H and O–H groups in total. The molecule has 0 saturated heterocycles. The van der Waals surface area contributed by atoms with Gasteiger partial charge in [0.05, 0.1) is 11.8 Å². The van der Waals surface area contributed by atoms with Crippen LogP contribution in [-0.2, 0) is 6.61 Å². The van der Waals surface area contributed by atoms with Crippen LogP contribution in [0, 0.1) is 0 Å². The number of carbonyl (C=O) groups is 1. The van der Waals surface area contributed by atoms with E-state index in [0.29, 0.717) is 36.4 Å². The lowest BCUT2D eigenvalue weighted by Gasteiger charge is -2.11. The Bertz CT molecular complexity index is 1070. The second kappa shape index (κ2) is 10.1. The average molecular weight is 513 g/mol. The van der Waals surface area contributed by atoms with Gasteiger partial charge in [0, 0.05) is 30.7 Å². The Morgan fingerprint density at radius 2 is 1.76 bits per heavy atom. The SMILES string of the molecule is O=C(N/N=C/c1cc(Cl)ccc1OCc1ccc(Cl)cc1Cl)c1ccccc1Br. The highest BCUT2D eigenvalue weighted by molar-refractivity contribution is 9.10. The minimum absolute atomic E-state index is 0.238. The molecular formula is C21H14BrCl3N2O2. The minimum atomic E-state index is -0.342. The van der Waals surface area contributed by atoms with Crippen molar-refractivity contribution in [1.82, 2.24) is 5.43 Å². The Kier molecular flexibility index (Phi) is 7.56. The van der Waals surface area contributed by atoms with Crippen LogP contribution in [0.3, 0.4) is 0 Å². The average Bonchev–Trinajstić information content (AvgIpc) is 2.69. The van der Waals surface area contributed by atoms with E-state index in [0.717, 1.165) is 5.56 Å². The summed E-state index contributed by atoms with van der Waals surface area (Å²) in [7, 11) is 0. The fraction of sp³-hybridized carbons (Fsp3) is 0.0476. The maximum absolute atomic E-state index is 12.2. The number of carbonyl (C=O) groups excluding carboxylic acids is 1. The topological polar surface area (TPSA) is 50.7 Å². The summed E-state index contributed by atoms with van der Waals surface area (Å²) in [5.41, 5.74) is 4.36. The van der Waals surface area contributed by atoms with Gasteiger partial charge >= 0.3 is 0 Å². The molecule has 0 bridgehead atoms. The van der Waals surface area contributed by atoms with E-state index in [9.17, 15) is 4.79 Å². The first-order chi connectivity index (χ1) is 13.9. The molecule has 0 aromatic heterocycles. The Morgan fingerprint density at radius 3 is 2.52 bits per heavy atom. The van der Waals surface area contributed by atoms with E-state index in [1.165, 1.54) is 6.21 Å². The van der Waals surface area contributed by atoms with Crippen LogP contribution in [-0.4, -0.2) is 12.1 Å². The molecular weight excluding hydrogens is 499 g/mol. The number of hydrazone groups is 1. The van der Waals surface area contributed by atoms with Gasteiger partial charge in [0.1, 0.15) is 12.4 Å². The highest BCUT2D eigenvalue weighted by Gasteiger charge is 2.09. The van der Waals surface area contributed by atoms with Gasteiger partial charge in [-0.2, -0.15) is 5.10 Å². The van der Waals surface area contributed by atoms with E-state index in [1.807, 2.05) is 6.07 Å². The molecule has 0 saturated carbocycles. The lowest BCUT2D eigenvalue weighted by Crippen LogP contribution is -2.18. The zero-order valence-corrected chi connectivity index (χ0v) is 18.7. The van der Waals surface area contributed by atoms with Crippen LogP contribution in [0.1, 0.15) is 21.5 Å². The minimum Gasteiger partial charge on any atom is -0.488 e. The number of ether oxygens (including phenoxy) is 1. The number of rotatable bonds is 6. The summed E-state index contributed by atoms with van der Waals surface area (Å²) in [5, 5.41) is 5.60. The predicted octanol–water partition coefficient (Wildman–Crippen LogP) is 6.75. The molecule has 3 aromatic carbocycles. The first-order valence-corrected chi connectivity index (χ1v) is 10.3. The lowest BCUT2D eigenvalue weighted by molar-refractivity contribution is 0.0954. The molecule has 0 unspecified atom stereocenters. The van der Waals surface area contributed by atoms with Gasteiger partial charge in [-0.05, 0) is 58.4 Å². The molecule has 0 heterocycles. The molecule has 3 aromatic rings. The summed E-state index contributed by atoms with van der Waals surface area (Å²) in [6, 6.07) is 17.4. The Balaban J connectivity index is 1.72. The van der Waals surface area contributed by atoms with Crippen molar-refractivity contribution < 1.29 is 9.53 Å². The van der Waals surface area contributed by atoms with Crippen LogP contribution in [0.25, 0.3) is 0 Å². The quantitative estimate of drug-likeness (QED) is 0.293. The number of hydrogen-bond donors (Lipinski definition) is 1. The van der Waals surface area contributed by atoms with Crippen molar-refractivity contribution in [3.8, 4) is 5.75 Å². The standard InChI is InChI=1S/C21H14BrCl3N2O2/c22-18-4-2-1-3-17(18)21(28)27-26-11-14-9-15(23)7-8-20(14)29-12-13-5-6-16(24)10-19(13)25/h1-11H,12H2,(H,27,28)/b26-11+. The highest BCUT2D eigenvalue weighted by atomic mass is 79.9. The van der Waals surface area contributed by atoms with Crippen LogP contribution < -0.4 is 10.2 Å². The third-order valence-electron chi connectivity index (χ3n) is 3.86. The van der Waals surface area contributed by atoms with E-state index in [1.54, 1.807) is 54.6 Å². The molecule has 29 heavy (non-hydrogen) atoms. The van der Waals surface area contributed by atoms with E-state index in [2.05, 4.69) is 26.5 Å². The Morgan fingerprint density at radius 1 is 1.03 bits per heavy atom. The number of amides is 1. The smallest absolute Gasteiger partial charge is 0.272 e. The van der Waals surface area contributed by atoms with Crippen LogP contribution >= 0.6 is 50.7 Å². The third kappa shape index (κ3) is 5.97. The van der Waals surface area contributed by atoms with Crippen LogP contribution in [0.5, 0.6) is 5.75 Å². The third-order valence-corrected chi connectivity index (χ3v) is 5.37. The zero-order chi connectivity index (χ0) is 20.8. The first-order valence-electron chi connectivity index (χ1n) is 8.38. The van der Waals surface area contributed by atoms with Crippen molar-refractivity contribution >= 4 is 62.9 Å². The predicted molar refractivity (Wildman–Crippen MR) is 121 cm³/mol. The van der Waals surface area contributed by atoms with Crippen LogP contribution in [0.4, 0.5) is 0 Å². The Labute approximate surface area is 191 Å². The monoisotopic (exact) mass is 510 g/mol. The van der Waals surface area contributed by atoms with E-state index in [-0.39, 0.29) is 12.5 Å². The van der Waals surface area contributed by atoms with Crippen LogP contribution in [0.2, 0.25) is 15.1 Å². The van der Waals surface area contributed by atoms with Gasteiger partial charge in [0.15, 0.2) is 0 Å². The van der Waals surface area contributed by atoms with Crippen molar-refractivity contribution in [2.24, 2.45) is 5.10 Å². The van der Waals surface area contributed by atoms with E-state index >= 15 is 0 Å². The molecule has 1 amide bonds. The van der Waals surface area contributed by atoms with Gasteiger partial charge in [0.2, 0.25) is 0 Å². The molecule has 3 rings (SSSR count). The van der Waals surface area contributed by atoms with Gasteiger partial charge in [-0.1, -0.05) is 53.0 Å². The van der Waals surface area contributed by atoms with Crippen molar-refractivity contribution in [3.05, 3.63) is 96.9 Å². The number of nitrogens with zero attached hydrogens (tertiary/aromatic N) is 1. The van der Waals surface area contributed by atoms with Gasteiger partial charge in [-0.3, -0.25) is 4.79 Å². The first kappa shape index (κ1) is 21.7. The molecule has 4 nitrogen and oxygen atoms in total. The number of nitrogens with one attached hydrogen (secondary N) is 1. The summed E-state index contributed by atoms with van der Waals surface area (Å²) in [6.45, 7) is 0.238. The van der Waals surface area contributed by atoms with Gasteiger partial charge in [-0.15, -0.1) is 0 Å². The second-order valence-corrected chi connectivity index (χ2v) is 8.02. The van der Waals surface area contributed by atoms with E-state index in [4.69, 9.17) is 39.5 Å². The highest BCUT2D eigenvalue weighted by Crippen LogP contribution is 2.25. The normalized spacial score (nSPS) is 10.9. The molecule has 0 aliphatic heterocycles. The van der Waals surface area contributed by atoms with Gasteiger partial charge < -0.3 is 4.74 Å². The molecule has 8 heteroatoms. The summed E-state index contributed by atoms with van der Waals surface area (Å²) in [6.07, 6.45) is 1.47. The molecule has 0 aliphatic rings. The van der Waals surface area contributed by atoms with Crippen LogP contribution in [0.15, 0.2) is 70.2 Å². The van der Waals surface area contributed by atoms with Crippen molar-refractivity contribution in [2.75, 3.05) is 0 Å². The molecule has 0 atom stereocenters. The maximum atomic E-state index is 12.2. The van der Waals surface area contributed by atoms with E-state index < -0.39 is 0 Å². The largest absolute Gasteiger partial charge is 0.488 e. The maximum Gasteiger partial charge on any atom is 0.272 e.